The molecule has 0 aliphatic carbocycles. The summed E-state index contributed by atoms with van der Waals surface area (Å²) < 4.78 is 1.60. The van der Waals surface area contributed by atoms with Crippen LogP contribution in [0, 0.1) is 20.8 Å². The van der Waals surface area contributed by atoms with Crippen molar-refractivity contribution in [3.05, 3.63) is 34.4 Å². The van der Waals surface area contributed by atoms with E-state index in [1.807, 2.05) is 0 Å². The largest absolute Gasteiger partial charge is 0.477 e. The van der Waals surface area contributed by atoms with E-state index in [9.17, 15) is 9.59 Å². The minimum Gasteiger partial charge on any atom is -0.477 e. The van der Waals surface area contributed by atoms with Crippen molar-refractivity contribution in [2.75, 3.05) is 5.32 Å². The predicted molar refractivity (Wildman–Crippen MR) is 73.1 cm³/mol. The molecule has 0 saturated carbocycles. The average Bonchev–Trinajstić information content (AvgIpc) is 2.79. The molecule has 0 spiro atoms. The van der Waals surface area contributed by atoms with Crippen LogP contribution in [0.15, 0.2) is 6.20 Å². The molecule has 7 heteroatoms. The molecule has 1 amide bonds. The third-order valence-corrected chi connectivity index (χ3v) is 3.14. The van der Waals surface area contributed by atoms with Crippen LogP contribution in [0.25, 0.3) is 0 Å². The van der Waals surface area contributed by atoms with Gasteiger partial charge in [-0.15, -0.1) is 0 Å². The standard InChI is InChI=1S/C13H16N4O3/c1-6-10(8(3)14-11(6)13(19)20)12(18)15-9-5-17(4)16-7(9)2/h5,14H,1-4H3,(H,15,18)(H,19,20). The van der Waals surface area contributed by atoms with Crippen molar-refractivity contribution in [2.24, 2.45) is 7.05 Å². The Balaban J connectivity index is 2.35. The normalized spacial score (nSPS) is 10.6. The fraction of sp³-hybridized carbons (Fsp3) is 0.308. The summed E-state index contributed by atoms with van der Waals surface area (Å²) in [6.45, 7) is 5.07. The first-order chi connectivity index (χ1) is 9.31. The zero-order chi connectivity index (χ0) is 15.0. The lowest BCUT2D eigenvalue weighted by molar-refractivity contribution is 0.0690. The molecule has 0 fully saturated rings. The molecular weight excluding hydrogens is 260 g/mol. The number of H-pyrrole nitrogens is 1. The van der Waals surface area contributed by atoms with Crippen LogP contribution in [0.1, 0.15) is 37.8 Å². The number of carbonyl (C=O) groups is 2. The van der Waals surface area contributed by atoms with Crippen LogP contribution < -0.4 is 5.32 Å². The Morgan fingerprint density at radius 3 is 2.45 bits per heavy atom. The lowest BCUT2D eigenvalue weighted by Crippen LogP contribution is -2.14. The predicted octanol–water partition coefficient (Wildman–Crippen LogP) is 1.62. The van der Waals surface area contributed by atoms with E-state index in [1.54, 1.807) is 38.7 Å². The Hall–Kier alpha value is -2.57. The number of nitrogens with one attached hydrogen (secondary N) is 2. The zero-order valence-corrected chi connectivity index (χ0v) is 11.7. The lowest BCUT2D eigenvalue weighted by atomic mass is 10.1. The van der Waals surface area contributed by atoms with E-state index in [-0.39, 0.29) is 11.6 Å². The highest BCUT2D eigenvalue weighted by Gasteiger charge is 2.22. The summed E-state index contributed by atoms with van der Waals surface area (Å²) in [6, 6.07) is 0. The van der Waals surface area contributed by atoms with E-state index in [2.05, 4.69) is 15.4 Å². The molecule has 2 aromatic rings. The second kappa shape index (κ2) is 4.84. The molecule has 2 aromatic heterocycles. The first-order valence-corrected chi connectivity index (χ1v) is 6.05. The third-order valence-electron chi connectivity index (χ3n) is 3.14. The summed E-state index contributed by atoms with van der Waals surface area (Å²) in [6.07, 6.45) is 1.70. The van der Waals surface area contributed by atoms with Crippen LogP contribution in [0.4, 0.5) is 5.69 Å². The van der Waals surface area contributed by atoms with Crippen LogP contribution in [0.5, 0.6) is 0 Å². The van der Waals surface area contributed by atoms with Gasteiger partial charge >= 0.3 is 5.97 Å². The molecular formula is C13H16N4O3. The molecule has 0 saturated heterocycles. The molecule has 0 radical (unpaired) electrons. The Labute approximate surface area is 115 Å². The molecule has 3 N–H and O–H groups in total. The van der Waals surface area contributed by atoms with Gasteiger partial charge in [0, 0.05) is 18.9 Å². The minimum atomic E-state index is -1.08. The fourth-order valence-electron chi connectivity index (χ4n) is 2.21. The maximum absolute atomic E-state index is 12.3. The van der Waals surface area contributed by atoms with Gasteiger partial charge in [0.15, 0.2) is 0 Å². The SMILES string of the molecule is Cc1nn(C)cc1NC(=O)c1c(C)[nH]c(C(=O)O)c1C. The smallest absolute Gasteiger partial charge is 0.352 e. The maximum Gasteiger partial charge on any atom is 0.352 e. The van der Waals surface area contributed by atoms with Crippen molar-refractivity contribution in [1.29, 1.82) is 0 Å². The molecule has 0 atom stereocenters. The molecule has 0 aliphatic rings. The minimum absolute atomic E-state index is 0.0376. The van der Waals surface area contributed by atoms with E-state index in [0.29, 0.717) is 28.2 Å². The van der Waals surface area contributed by atoms with Crippen LogP contribution in [-0.4, -0.2) is 31.7 Å². The van der Waals surface area contributed by atoms with Crippen LogP contribution >= 0.6 is 0 Å². The Morgan fingerprint density at radius 1 is 1.35 bits per heavy atom. The Kier molecular flexibility index (Phi) is 3.35. The topological polar surface area (TPSA) is 100 Å². The number of anilines is 1. The highest BCUT2D eigenvalue weighted by Crippen LogP contribution is 2.20. The summed E-state index contributed by atoms with van der Waals surface area (Å²) in [7, 11) is 1.76. The van der Waals surface area contributed by atoms with Gasteiger partial charge in [0.05, 0.1) is 16.9 Å². The van der Waals surface area contributed by atoms with Gasteiger partial charge in [0.2, 0.25) is 0 Å². The first-order valence-electron chi connectivity index (χ1n) is 6.05. The van der Waals surface area contributed by atoms with Gasteiger partial charge < -0.3 is 15.4 Å². The summed E-state index contributed by atoms with van der Waals surface area (Å²) in [4.78, 5) is 26.1. The molecule has 0 bridgehead atoms. The lowest BCUT2D eigenvalue weighted by Gasteiger charge is -2.04. The van der Waals surface area contributed by atoms with Gasteiger partial charge in [0.25, 0.3) is 5.91 Å². The van der Waals surface area contributed by atoms with Crippen molar-refractivity contribution in [3.63, 3.8) is 0 Å². The van der Waals surface area contributed by atoms with Crippen molar-refractivity contribution in [2.45, 2.75) is 20.8 Å². The number of carbonyl (C=O) groups excluding carboxylic acids is 1. The van der Waals surface area contributed by atoms with Crippen LogP contribution in [0.2, 0.25) is 0 Å². The Morgan fingerprint density at radius 2 is 2.00 bits per heavy atom. The summed E-state index contributed by atoms with van der Waals surface area (Å²) in [5, 5.41) is 15.9. The molecule has 0 aliphatic heterocycles. The number of carboxylic acid groups (broad SMARTS) is 1. The number of rotatable bonds is 3. The number of aromatic carboxylic acids is 1. The van der Waals surface area contributed by atoms with Crippen molar-refractivity contribution in [1.82, 2.24) is 14.8 Å². The van der Waals surface area contributed by atoms with Crippen LogP contribution in [0.3, 0.4) is 0 Å². The van der Waals surface area contributed by atoms with Crippen molar-refractivity contribution < 1.29 is 14.7 Å². The number of aromatic amines is 1. The number of hydrogen-bond donors (Lipinski definition) is 3. The number of nitrogens with zero attached hydrogens (tertiary/aromatic N) is 2. The molecule has 2 heterocycles. The van der Waals surface area contributed by atoms with Gasteiger partial charge in [0.1, 0.15) is 5.69 Å². The van der Waals surface area contributed by atoms with E-state index in [4.69, 9.17) is 5.11 Å². The quantitative estimate of drug-likeness (QED) is 0.793. The van der Waals surface area contributed by atoms with Crippen molar-refractivity contribution in [3.8, 4) is 0 Å². The van der Waals surface area contributed by atoms with Gasteiger partial charge in [-0.2, -0.15) is 5.10 Å². The van der Waals surface area contributed by atoms with Gasteiger partial charge in [-0.3, -0.25) is 9.48 Å². The second-order valence-electron chi connectivity index (χ2n) is 4.69. The van der Waals surface area contributed by atoms with Gasteiger partial charge in [-0.05, 0) is 26.3 Å². The fourth-order valence-corrected chi connectivity index (χ4v) is 2.21. The summed E-state index contributed by atoms with van der Waals surface area (Å²) in [5.74, 6) is -1.43. The number of aromatic nitrogens is 3. The Bertz CT molecular complexity index is 697. The highest BCUT2D eigenvalue weighted by molar-refractivity contribution is 6.08. The van der Waals surface area contributed by atoms with Crippen LogP contribution in [-0.2, 0) is 7.05 Å². The molecule has 0 unspecified atom stereocenters. The molecule has 2 rings (SSSR count). The average molecular weight is 276 g/mol. The summed E-state index contributed by atoms with van der Waals surface area (Å²) >= 11 is 0. The molecule has 7 nitrogen and oxygen atoms in total. The second-order valence-corrected chi connectivity index (χ2v) is 4.69. The zero-order valence-electron chi connectivity index (χ0n) is 11.7. The molecule has 106 valence electrons. The van der Waals surface area contributed by atoms with E-state index in [1.165, 1.54) is 0 Å². The monoisotopic (exact) mass is 276 g/mol. The first kappa shape index (κ1) is 13.9. The van der Waals surface area contributed by atoms with E-state index in [0.717, 1.165) is 0 Å². The van der Waals surface area contributed by atoms with Gasteiger partial charge in [-0.1, -0.05) is 0 Å². The number of amides is 1. The molecule has 0 aromatic carbocycles. The molecule has 20 heavy (non-hydrogen) atoms. The number of aryl methyl sites for hydroxylation is 3. The van der Waals surface area contributed by atoms with E-state index < -0.39 is 5.97 Å². The van der Waals surface area contributed by atoms with Gasteiger partial charge in [-0.25, -0.2) is 4.79 Å². The maximum atomic E-state index is 12.3. The summed E-state index contributed by atoms with van der Waals surface area (Å²) in [5.41, 5.74) is 2.65. The van der Waals surface area contributed by atoms with E-state index >= 15 is 0 Å². The number of carboxylic acids is 1. The third kappa shape index (κ3) is 2.29. The highest BCUT2D eigenvalue weighted by atomic mass is 16.4. The van der Waals surface area contributed by atoms with Crippen molar-refractivity contribution >= 4 is 17.6 Å². The number of hydrogen-bond acceptors (Lipinski definition) is 3.